The predicted octanol–water partition coefficient (Wildman–Crippen LogP) is 2.16. The first-order chi connectivity index (χ1) is 7.58. The zero-order valence-corrected chi connectivity index (χ0v) is 10.4. The zero-order valence-electron chi connectivity index (χ0n) is 8.93. The van der Waals surface area contributed by atoms with Gasteiger partial charge in [0.2, 0.25) is 5.91 Å². The minimum atomic E-state index is -0.195. The van der Waals surface area contributed by atoms with Gasteiger partial charge in [-0.05, 0) is 19.2 Å². The summed E-state index contributed by atoms with van der Waals surface area (Å²) in [7, 11) is 3.16. The minimum absolute atomic E-state index is 0.195. The van der Waals surface area contributed by atoms with Gasteiger partial charge in [0.15, 0.2) is 5.75 Å². The molecule has 1 rings (SSSR count). The summed E-state index contributed by atoms with van der Waals surface area (Å²) in [6.45, 7) is 0.202. The highest BCUT2D eigenvalue weighted by molar-refractivity contribution is 6.36. The molecule has 88 valence electrons. The highest BCUT2D eigenvalue weighted by Gasteiger charge is 2.11. The first kappa shape index (κ1) is 13.1. The summed E-state index contributed by atoms with van der Waals surface area (Å²) in [6.07, 6.45) is 0. The molecule has 2 N–H and O–H groups in total. The van der Waals surface area contributed by atoms with Crippen molar-refractivity contribution in [1.82, 2.24) is 5.32 Å². The summed E-state index contributed by atoms with van der Waals surface area (Å²) >= 11 is 11.8. The summed E-state index contributed by atoms with van der Waals surface area (Å²) < 4.78 is 5.08. The summed E-state index contributed by atoms with van der Waals surface area (Å²) in [6, 6.07) is 3.13. The number of nitrogens with one attached hydrogen (secondary N) is 2. The second kappa shape index (κ2) is 5.94. The molecule has 0 unspecified atom stereocenters. The number of ether oxygens (including phenoxy) is 1. The summed E-state index contributed by atoms with van der Waals surface area (Å²) in [5, 5.41) is 6.18. The molecule has 0 heterocycles. The van der Waals surface area contributed by atoms with E-state index >= 15 is 0 Å². The van der Waals surface area contributed by atoms with Gasteiger partial charge < -0.3 is 15.4 Å². The van der Waals surface area contributed by atoms with Crippen LogP contribution in [0.4, 0.5) is 5.69 Å². The van der Waals surface area contributed by atoms with E-state index in [9.17, 15) is 4.79 Å². The molecule has 1 aromatic carbocycles. The van der Waals surface area contributed by atoms with Crippen LogP contribution in [0.2, 0.25) is 10.0 Å². The van der Waals surface area contributed by atoms with Crippen LogP contribution in [-0.2, 0) is 4.79 Å². The molecular formula is C10H12Cl2N2O2. The molecule has 0 aliphatic carbocycles. The first-order valence-electron chi connectivity index (χ1n) is 4.56. The molecule has 0 bridgehead atoms. The number of methoxy groups -OCH3 is 1. The molecule has 1 amide bonds. The predicted molar refractivity (Wildman–Crippen MR) is 65.6 cm³/mol. The summed E-state index contributed by atoms with van der Waals surface area (Å²) in [5.41, 5.74) is 0.459. The van der Waals surface area contributed by atoms with Crippen molar-refractivity contribution in [3.8, 4) is 5.75 Å². The number of likely N-dealkylation sites (N-methyl/N-ethyl adjacent to an activating group) is 1. The van der Waals surface area contributed by atoms with Crippen molar-refractivity contribution >= 4 is 34.8 Å². The van der Waals surface area contributed by atoms with E-state index in [2.05, 4.69) is 10.6 Å². The topological polar surface area (TPSA) is 50.4 Å². The molecule has 0 fully saturated rings. The van der Waals surface area contributed by atoms with Crippen LogP contribution in [0.3, 0.4) is 0 Å². The second-order valence-corrected chi connectivity index (χ2v) is 3.89. The van der Waals surface area contributed by atoms with Crippen molar-refractivity contribution < 1.29 is 9.53 Å². The molecule has 0 aromatic heterocycles. The quantitative estimate of drug-likeness (QED) is 0.875. The smallest absolute Gasteiger partial charge is 0.238 e. The van der Waals surface area contributed by atoms with Crippen LogP contribution in [0.5, 0.6) is 5.75 Å². The fourth-order valence-electron chi connectivity index (χ4n) is 1.22. The Kier molecular flexibility index (Phi) is 4.86. The average molecular weight is 263 g/mol. The third-order valence-electron chi connectivity index (χ3n) is 1.82. The van der Waals surface area contributed by atoms with Crippen LogP contribution in [-0.4, -0.2) is 26.6 Å². The van der Waals surface area contributed by atoms with Gasteiger partial charge >= 0.3 is 0 Å². The molecule has 1 aromatic rings. The number of anilines is 1. The highest BCUT2D eigenvalue weighted by atomic mass is 35.5. The SMILES string of the molecule is CNCC(=O)Nc1cc(Cl)cc(Cl)c1OC. The van der Waals surface area contributed by atoms with Gasteiger partial charge in [0.1, 0.15) is 0 Å². The van der Waals surface area contributed by atoms with Crippen molar-refractivity contribution in [3.05, 3.63) is 22.2 Å². The van der Waals surface area contributed by atoms with E-state index < -0.39 is 0 Å². The van der Waals surface area contributed by atoms with Crippen LogP contribution in [0.25, 0.3) is 0 Å². The normalized spacial score (nSPS) is 10.0. The maximum atomic E-state index is 11.4. The number of rotatable bonds is 4. The Morgan fingerprint density at radius 3 is 2.69 bits per heavy atom. The Hall–Kier alpha value is -0.970. The van der Waals surface area contributed by atoms with Crippen LogP contribution in [0, 0.1) is 0 Å². The lowest BCUT2D eigenvalue weighted by molar-refractivity contribution is -0.115. The van der Waals surface area contributed by atoms with Crippen LogP contribution < -0.4 is 15.4 Å². The summed E-state index contributed by atoms with van der Waals surface area (Å²) in [5.74, 6) is 0.203. The number of amides is 1. The van der Waals surface area contributed by atoms with Crippen molar-refractivity contribution in [2.24, 2.45) is 0 Å². The van der Waals surface area contributed by atoms with Crippen molar-refractivity contribution in [2.75, 3.05) is 26.0 Å². The average Bonchev–Trinajstić information content (AvgIpc) is 2.17. The lowest BCUT2D eigenvalue weighted by atomic mass is 10.3. The highest BCUT2D eigenvalue weighted by Crippen LogP contribution is 2.35. The molecule has 0 saturated heterocycles. The van der Waals surface area contributed by atoms with E-state index in [1.54, 1.807) is 19.2 Å². The van der Waals surface area contributed by atoms with Gasteiger partial charge in [0, 0.05) is 5.02 Å². The monoisotopic (exact) mass is 262 g/mol. The Morgan fingerprint density at radius 2 is 2.12 bits per heavy atom. The maximum Gasteiger partial charge on any atom is 0.238 e. The van der Waals surface area contributed by atoms with Gasteiger partial charge in [-0.15, -0.1) is 0 Å². The molecule has 4 nitrogen and oxygen atoms in total. The Balaban J connectivity index is 2.97. The van der Waals surface area contributed by atoms with E-state index in [0.29, 0.717) is 21.5 Å². The molecule has 16 heavy (non-hydrogen) atoms. The Bertz CT molecular complexity index is 397. The largest absolute Gasteiger partial charge is 0.493 e. The lowest BCUT2D eigenvalue weighted by Crippen LogP contribution is -2.25. The molecule has 0 atom stereocenters. The van der Waals surface area contributed by atoms with Gasteiger partial charge in [-0.25, -0.2) is 0 Å². The molecule has 0 spiro atoms. The Labute approximate surface area is 104 Å². The first-order valence-corrected chi connectivity index (χ1v) is 5.31. The van der Waals surface area contributed by atoms with E-state index in [0.717, 1.165) is 0 Å². The van der Waals surface area contributed by atoms with Gasteiger partial charge in [0.05, 0.1) is 24.4 Å². The molecule has 6 heteroatoms. The standard InChI is InChI=1S/C10H12Cl2N2O2/c1-13-5-9(15)14-8-4-6(11)3-7(12)10(8)16-2/h3-4,13H,5H2,1-2H3,(H,14,15). The number of halogens is 2. The molecular weight excluding hydrogens is 251 g/mol. The van der Waals surface area contributed by atoms with Gasteiger partial charge in [-0.2, -0.15) is 0 Å². The summed E-state index contributed by atoms with van der Waals surface area (Å²) in [4.78, 5) is 11.4. The zero-order chi connectivity index (χ0) is 12.1. The van der Waals surface area contributed by atoms with Gasteiger partial charge in [-0.1, -0.05) is 23.2 Å². The molecule has 0 aliphatic heterocycles. The number of benzene rings is 1. The van der Waals surface area contributed by atoms with Crippen LogP contribution in [0.15, 0.2) is 12.1 Å². The third kappa shape index (κ3) is 3.27. The van der Waals surface area contributed by atoms with Crippen molar-refractivity contribution in [3.63, 3.8) is 0 Å². The van der Waals surface area contributed by atoms with Gasteiger partial charge in [0.25, 0.3) is 0 Å². The van der Waals surface area contributed by atoms with Crippen molar-refractivity contribution in [1.29, 1.82) is 0 Å². The number of carbonyl (C=O) groups is 1. The number of hydrogen-bond donors (Lipinski definition) is 2. The number of carbonyl (C=O) groups excluding carboxylic acids is 1. The van der Waals surface area contributed by atoms with Crippen LogP contribution >= 0.6 is 23.2 Å². The fraction of sp³-hybridized carbons (Fsp3) is 0.300. The molecule has 0 aliphatic rings. The number of hydrogen-bond acceptors (Lipinski definition) is 3. The van der Waals surface area contributed by atoms with Gasteiger partial charge in [-0.3, -0.25) is 4.79 Å². The van der Waals surface area contributed by atoms with E-state index in [-0.39, 0.29) is 12.5 Å². The van der Waals surface area contributed by atoms with E-state index in [1.165, 1.54) is 7.11 Å². The lowest BCUT2D eigenvalue weighted by Gasteiger charge is -2.12. The molecule has 0 saturated carbocycles. The fourth-order valence-corrected chi connectivity index (χ4v) is 1.79. The van der Waals surface area contributed by atoms with Crippen LogP contribution in [0.1, 0.15) is 0 Å². The Morgan fingerprint density at radius 1 is 1.44 bits per heavy atom. The minimum Gasteiger partial charge on any atom is -0.493 e. The van der Waals surface area contributed by atoms with E-state index in [4.69, 9.17) is 27.9 Å². The molecule has 0 radical (unpaired) electrons. The van der Waals surface area contributed by atoms with Crippen molar-refractivity contribution in [2.45, 2.75) is 0 Å². The second-order valence-electron chi connectivity index (χ2n) is 3.05. The third-order valence-corrected chi connectivity index (χ3v) is 2.32. The maximum absolute atomic E-state index is 11.4. The van der Waals surface area contributed by atoms with E-state index in [1.807, 2.05) is 0 Å².